The molecule has 0 aliphatic heterocycles. The Labute approximate surface area is 116 Å². The molecule has 0 N–H and O–H groups in total. The average molecular weight is 348 g/mol. The van der Waals surface area contributed by atoms with Crippen LogP contribution >= 0.6 is 31.9 Å². The minimum Gasteiger partial charge on any atom is -0.0894 e. The molecule has 0 heterocycles. The van der Waals surface area contributed by atoms with Crippen molar-refractivity contribution in [3.05, 3.63) is 35.4 Å². The van der Waals surface area contributed by atoms with Crippen molar-refractivity contribution < 1.29 is 0 Å². The van der Waals surface area contributed by atoms with Crippen LogP contribution in [0, 0.1) is 0 Å². The van der Waals surface area contributed by atoms with Gasteiger partial charge >= 0.3 is 0 Å². The molecule has 1 rings (SSSR count). The Hall–Kier alpha value is 0.180. The monoisotopic (exact) mass is 346 g/mol. The van der Waals surface area contributed by atoms with E-state index in [9.17, 15) is 0 Å². The van der Waals surface area contributed by atoms with E-state index in [0.717, 1.165) is 0 Å². The van der Waals surface area contributed by atoms with Crippen LogP contribution in [0.25, 0.3) is 0 Å². The summed E-state index contributed by atoms with van der Waals surface area (Å²) in [5, 5.41) is 0. The number of benzene rings is 1. The number of hydrogen-bond donors (Lipinski definition) is 0. The van der Waals surface area contributed by atoms with E-state index in [-0.39, 0.29) is 0 Å². The minimum absolute atomic E-state index is 0.612. The molecule has 90 valence electrons. The highest BCUT2D eigenvalue weighted by molar-refractivity contribution is 9.09. The van der Waals surface area contributed by atoms with Gasteiger partial charge in [0.25, 0.3) is 0 Å². The van der Waals surface area contributed by atoms with Crippen molar-refractivity contribution in [3.8, 4) is 0 Å². The summed E-state index contributed by atoms with van der Waals surface area (Å²) < 4.78 is 0. The van der Waals surface area contributed by atoms with Crippen LogP contribution in [-0.4, -0.2) is 9.65 Å². The van der Waals surface area contributed by atoms with Crippen LogP contribution < -0.4 is 0 Å². The Morgan fingerprint density at radius 2 is 1.12 bits per heavy atom. The first kappa shape index (κ1) is 14.2. The molecular weight excluding hydrogens is 328 g/mol. The van der Waals surface area contributed by atoms with Crippen LogP contribution in [0.1, 0.15) is 37.8 Å². The lowest BCUT2D eigenvalue weighted by molar-refractivity contribution is 0.811. The molecule has 0 saturated heterocycles. The average Bonchev–Trinajstić information content (AvgIpc) is 2.25. The fraction of sp³-hybridized carbons (Fsp3) is 0.571. The summed E-state index contributed by atoms with van der Waals surface area (Å²) in [5.41, 5.74) is 2.89. The molecular formula is C14H20Br2. The van der Waals surface area contributed by atoms with Gasteiger partial charge in [0.1, 0.15) is 0 Å². The van der Waals surface area contributed by atoms with Gasteiger partial charge in [0.2, 0.25) is 0 Å². The van der Waals surface area contributed by atoms with Crippen molar-refractivity contribution in [3.63, 3.8) is 0 Å². The lowest BCUT2D eigenvalue weighted by atomic mass is 10.0. The van der Waals surface area contributed by atoms with Crippen LogP contribution in [0.2, 0.25) is 0 Å². The van der Waals surface area contributed by atoms with Gasteiger partial charge < -0.3 is 0 Å². The zero-order valence-electron chi connectivity index (χ0n) is 10.0. The lowest BCUT2D eigenvalue weighted by Crippen LogP contribution is -1.96. The van der Waals surface area contributed by atoms with Crippen molar-refractivity contribution in [2.45, 2.75) is 49.2 Å². The molecule has 1 aromatic carbocycles. The Bertz CT molecular complexity index is 257. The van der Waals surface area contributed by atoms with E-state index in [1.807, 2.05) is 0 Å². The molecule has 0 amide bonds. The molecule has 0 fully saturated rings. The number of rotatable bonds is 6. The van der Waals surface area contributed by atoms with Gasteiger partial charge in [-0.1, -0.05) is 70.0 Å². The van der Waals surface area contributed by atoms with Crippen LogP contribution in [0.4, 0.5) is 0 Å². The Morgan fingerprint density at radius 3 is 1.38 bits per heavy atom. The third-order valence-electron chi connectivity index (χ3n) is 2.68. The van der Waals surface area contributed by atoms with Crippen molar-refractivity contribution in [1.82, 2.24) is 0 Å². The number of hydrogen-bond acceptors (Lipinski definition) is 0. The van der Waals surface area contributed by atoms with E-state index < -0.39 is 0 Å². The van der Waals surface area contributed by atoms with Gasteiger partial charge in [-0.15, -0.1) is 0 Å². The van der Waals surface area contributed by atoms with Gasteiger partial charge in [0.05, 0.1) is 0 Å². The summed E-state index contributed by atoms with van der Waals surface area (Å²) in [7, 11) is 0. The van der Waals surface area contributed by atoms with Crippen molar-refractivity contribution in [2.24, 2.45) is 0 Å². The van der Waals surface area contributed by atoms with Crippen molar-refractivity contribution in [1.29, 1.82) is 0 Å². The van der Waals surface area contributed by atoms with Crippen LogP contribution in [-0.2, 0) is 12.8 Å². The number of aryl methyl sites for hydroxylation is 2. The van der Waals surface area contributed by atoms with Gasteiger partial charge in [-0.05, 0) is 36.8 Å². The Morgan fingerprint density at radius 1 is 0.812 bits per heavy atom. The first-order valence-electron chi connectivity index (χ1n) is 5.94. The van der Waals surface area contributed by atoms with E-state index in [1.165, 1.54) is 36.8 Å². The third kappa shape index (κ3) is 6.05. The molecule has 0 aliphatic carbocycles. The largest absolute Gasteiger partial charge is 0.0894 e. The predicted octanol–water partition coefficient (Wildman–Crippen LogP) is 5.12. The third-order valence-corrected chi connectivity index (χ3v) is 3.60. The fourth-order valence-corrected chi connectivity index (χ4v) is 2.06. The van der Waals surface area contributed by atoms with Gasteiger partial charge in [-0.2, -0.15) is 0 Å². The summed E-state index contributed by atoms with van der Waals surface area (Å²) in [5.74, 6) is 0. The second-order valence-electron chi connectivity index (χ2n) is 4.46. The Kier molecular flexibility index (Phi) is 6.67. The smallest absolute Gasteiger partial charge is 0.0120 e. The molecule has 0 aromatic heterocycles. The standard InChI is InChI=1S/C14H20Br2/c1-11(15)3-5-13-7-9-14(10-8-13)6-4-12(2)16/h7-12H,3-6H2,1-2H3/t11-,12-/m1/s1. The lowest BCUT2D eigenvalue weighted by Gasteiger charge is -2.06. The van der Waals surface area contributed by atoms with Crippen LogP contribution in [0.15, 0.2) is 24.3 Å². The van der Waals surface area contributed by atoms with Gasteiger partial charge in [0.15, 0.2) is 0 Å². The molecule has 0 spiro atoms. The van der Waals surface area contributed by atoms with E-state index in [1.54, 1.807) is 0 Å². The highest BCUT2D eigenvalue weighted by Gasteiger charge is 2.00. The van der Waals surface area contributed by atoms with E-state index in [0.29, 0.717) is 9.65 Å². The maximum absolute atomic E-state index is 3.58. The predicted molar refractivity (Wildman–Crippen MR) is 79.9 cm³/mol. The molecule has 0 aliphatic rings. The van der Waals surface area contributed by atoms with E-state index in [4.69, 9.17) is 0 Å². The van der Waals surface area contributed by atoms with Crippen LogP contribution in [0.5, 0.6) is 0 Å². The summed E-state index contributed by atoms with van der Waals surface area (Å²) in [6.45, 7) is 4.40. The zero-order chi connectivity index (χ0) is 12.0. The summed E-state index contributed by atoms with van der Waals surface area (Å²) in [6, 6.07) is 9.07. The zero-order valence-corrected chi connectivity index (χ0v) is 13.2. The highest BCUT2D eigenvalue weighted by Crippen LogP contribution is 2.14. The fourth-order valence-electron chi connectivity index (χ4n) is 1.60. The van der Waals surface area contributed by atoms with Gasteiger partial charge in [0, 0.05) is 9.65 Å². The second kappa shape index (κ2) is 7.50. The molecule has 0 radical (unpaired) electrons. The molecule has 0 nitrogen and oxygen atoms in total. The summed E-state index contributed by atoms with van der Waals surface area (Å²) in [4.78, 5) is 1.22. The first-order chi connectivity index (χ1) is 7.58. The highest BCUT2D eigenvalue weighted by atomic mass is 79.9. The maximum Gasteiger partial charge on any atom is 0.0120 e. The summed E-state index contributed by atoms with van der Waals surface area (Å²) >= 11 is 7.16. The molecule has 16 heavy (non-hydrogen) atoms. The summed E-state index contributed by atoms with van der Waals surface area (Å²) in [6.07, 6.45) is 4.75. The molecule has 2 atom stereocenters. The minimum atomic E-state index is 0.612. The molecule has 1 aromatic rings. The number of alkyl halides is 2. The maximum atomic E-state index is 3.58. The van der Waals surface area contributed by atoms with Crippen molar-refractivity contribution in [2.75, 3.05) is 0 Å². The van der Waals surface area contributed by atoms with Gasteiger partial charge in [-0.3, -0.25) is 0 Å². The molecule has 2 heteroatoms. The van der Waals surface area contributed by atoms with Crippen molar-refractivity contribution >= 4 is 31.9 Å². The topological polar surface area (TPSA) is 0 Å². The van der Waals surface area contributed by atoms with E-state index >= 15 is 0 Å². The SMILES string of the molecule is C[C@@H](Br)CCc1ccc(CC[C@@H](C)Br)cc1. The molecule has 0 unspecified atom stereocenters. The van der Waals surface area contributed by atoms with E-state index in [2.05, 4.69) is 70.0 Å². The van der Waals surface area contributed by atoms with Gasteiger partial charge in [-0.25, -0.2) is 0 Å². The second-order valence-corrected chi connectivity index (χ2v) is 7.58. The molecule has 0 bridgehead atoms. The number of halogens is 2. The normalized spacial score (nSPS) is 14.8. The Balaban J connectivity index is 2.41. The quantitative estimate of drug-likeness (QED) is 0.626. The molecule has 0 saturated carbocycles. The first-order valence-corrected chi connectivity index (χ1v) is 7.77. The van der Waals surface area contributed by atoms with Crippen LogP contribution in [0.3, 0.4) is 0 Å².